The summed E-state index contributed by atoms with van der Waals surface area (Å²) in [6, 6.07) is 2.08. The summed E-state index contributed by atoms with van der Waals surface area (Å²) in [7, 11) is 0. The second-order valence-corrected chi connectivity index (χ2v) is 5.08. The van der Waals surface area contributed by atoms with Crippen molar-refractivity contribution in [2.24, 2.45) is 0 Å². The molecule has 1 unspecified atom stereocenters. The van der Waals surface area contributed by atoms with Crippen molar-refractivity contribution in [3.05, 3.63) is 21.9 Å². The van der Waals surface area contributed by atoms with E-state index in [2.05, 4.69) is 25.3 Å². The molecule has 0 aliphatic carbocycles. The van der Waals surface area contributed by atoms with Crippen molar-refractivity contribution in [1.82, 2.24) is 0 Å². The van der Waals surface area contributed by atoms with E-state index in [-0.39, 0.29) is 0 Å². The summed E-state index contributed by atoms with van der Waals surface area (Å²) < 4.78 is 0. The van der Waals surface area contributed by atoms with Crippen LogP contribution in [0.5, 0.6) is 0 Å². The Morgan fingerprint density at radius 2 is 2.14 bits per heavy atom. The van der Waals surface area contributed by atoms with Gasteiger partial charge in [0, 0.05) is 4.88 Å². The largest absolute Gasteiger partial charge is 0.385 e. The standard InChI is InChI=1S/C12H20OS/c1-4-5-6-8-12(3,13)11-10(2)7-9-14-11/h7,9,13H,4-6,8H2,1-3H3. The fraction of sp³-hybridized carbons (Fsp3) is 0.667. The third-order valence-electron chi connectivity index (χ3n) is 2.62. The molecule has 1 N–H and O–H groups in total. The number of aryl methyl sites for hydroxylation is 1. The molecule has 1 aromatic rings. The van der Waals surface area contributed by atoms with E-state index in [0.29, 0.717) is 0 Å². The lowest BCUT2D eigenvalue weighted by Crippen LogP contribution is -2.20. The Morgan fingerprint density at radius 1 is 1.43 bits per heavy atom. The van der Waals surface area contributed by atoms with Gasteiger partial charge in [0.25, 0.3) is 0 Å². The minimum Gasteiger partial charge on any atom is -0.385 e. The highest BCUT2D eigenvalue weighted by molar-refractivity contribution is 7.10. The fourth-order valence-electron chi connectivity index (χ4n) is 1.76. The van der Waals surface area contributed by atoms with Gasteiger partial charge in [-0.2, -0.15) is 0 Å². The summed E-state index contributed by atoms with van der Waals surface area (Å²) in [4.78, 5) is 1.13. The summed E-state index contributed by atoms with van der Waals surface area (Å²) in [5.41, 5.74) is 0.601. The lowest BCUT2D eigenvalue weighted by molar-refractivity contribution is 0.0482. The van der Waals surface area contributed by atoms with E-state index in [1.165, 1.54) is 18.4 Å². The molecule has 1 atom stereocenters. The molecule has 0 fully saturated rings. The Hall–Kier alpha value is -0.340. The lowest BCUT2D eigenvalue weighted by atomic mass is 9.94. The van der Waals surface area contributed by atoms with Gasteiger partial charge >= 0.3 is 0 Å². The van der Waals surface area contributed by atoms with Crippen molar-refractivity contribution in [2.75, 3.05) is 0 Å². The van der Waals surface area contributed by atoms with Gasteiger partial charge in [-0.15, -0.1) is 11.3 Å². The Morgan fingerprint density at radius 3 is 2.64 bits per heavy atom. The van der Waals surface area contributed by atoms with Crippen molar-refractivity contribution >= 4 is 11.3 Å². The molecular formula is C12H20OS. The van der Waals surface area contributed by atoms with E-state index in [1.54, 1.807) is 11.3 Å². The smallest absolute Gasteiger partial charge is 0.0962 e. The quantitative estimate of drug-likeness (QED) is 0.735. The van der Waals surface area contributed by atoms with Crippen LogP contribution in [0.4, 0.5) is 0 Å². The average Bonchev–Trinajstić information content (AvgIpc) is 2.52. The Labute approximate surface area is 90.8 Å². The number of unbranched alkanes of at least 4 members (excludes halogenated alkanes) is 2. The first-order valence-electron chi connectivity index (χ1n) is 5.35. The van der Waals surface area contributed by atoms with Crippen molar-refractivity contribution in [1.29, 1.82) is 0 Å². The summed E-state index contributed by atoms with van der Waals surface area (Å²) in [6.45, 7) is 6.19. The van der Waals surface area contributed by atoms with Gasteiger partial charge in [0.1, 0.15) is 0 Å². The van der Waals surface area contributed by atoms with Gasteiger partial charge in [-0.3, -0.25) is 0 Å². The van der Waals surface area contributed by atoms with Crippen LogP contribution in [-0.4, -0.2) is 5.11 Å². The molecule has 0 saturated heterocycles. The number of hydrogen-bond donors (Lipinski definition) is 1. The zero-order valence-electron chi connectivity index (χ0n) is 9.34. The molecule has 1 rings (SSSR count). The molecule has 14 heavy (non-hydrogen) atoms. The average molecular weight is 212 g/mol. The summed E-state index contributed by atoms with van der Waals surface area (Å²) >= 11 is 1.66. The minimum atomic E-state index is -0.618. The second kappa shape index (κ2) is 4.94. The second-order valence-electron chi connectivity index (χ2n) is 4.16. The van der Waals surface area contributed by atoms with Gasteiger partial charge in [0.2, 0.25) is 0 Å². The van der Waals surface area contributed by atoms with Crippen LogP contribution in [0.25, 0.3) is 0 Å². The maximum absolute atomic E-state index is 10.3. The van der Waals surface area contributed by atoms with Gasteiger partial charge in [-0.25, -0.2) is 0 Å². The first kappa shape index (κ1) is 11.7. The Kier molecular flexibility index (Phi) is 4.14. The zero-order chi connectivity index (χ0) is 10.6. The summed E-state index contributed by atoms with van der Waals surface area (Å²) in [5, 5.41) is 12.3. The van der Waals surface area contributed by atoms with Crippen molar-refractivity contribution in [2.45, 2.75) is 52.1 Å². The maximum atomic E-state index is 10.3. The van der Waals surface area contributed by atoms with Crippen molar-refractivity contribution < 1.29 is 5.11 Å². The molecule has 2 heteroatoms. The minimum absolute atomic E-state index is 0.618. The highest BCUT2D eigenvalue weighted by atomic mass is 32.1. The fourth-order valence-corrected chi connectivity index (χ4v) is 2.78. The number of thiophene rings is 1. The molecule has 1 nitrogen and oxygen atoms in total. The number of aliphatic hydroxyl groups is 1. The zero-order valence-corrected chi connectivity index (χ0v) is 10.2. The molecule has 0 radical (unpaired) electrons. The third kappa shape index (κ3) is 2.82. The number of rotatable bonds is 5. The van der Waals surface area contributed by atoms with E-state index in [1.807, 2.05) is 6.92 Å². The van der Waals surface area contributed by atoms with Gasteiger partial charge in [-0.05, 0) is 37.3 Å². The van der Waals surface area contributed by atoms with Gasteiger partial charge in [-0.1, -0.05) is 26.2 Å². The van der Waals surface area contributed by atoms with Crippen LogP contribution in [0, 0.1) is 6.92 Å². The Balaban J connectivity index is 2.61. The predicted octanol–water partition coefficient (Wildman–Crippen LogP) is 3.84. The van der Waals surface area contributed by atoms with Crippen molar-refractivity contribution in [3.8, 4) is 0 Å². The topological polar surface area (TPSA) is 20.2 Å². The lowest BCUT2D eigenvalue weighted by Gasteiger charge is -2.22. The highest BCUT2D eigenvalue weighted by Gasteiger charge is 2.25. The molecule has 0 saturated carbocycles. The van der Waals surface area contributed by atoms with Crippen LogP contribution in [0.1, 0.15) is 50.0 Å². The van der Waals surface area contributed by atoms with E-state index in [9.17, 15) is 5.11 Å². The van der Waals surface area contributed by atoms with Gasteiger partial charge in [0.15, 0.2) is 0 Å². The van der Waals surface area contributed by atoms with Crippen LogP contribution in [0.3, 0.4) is 0 Å². The van der Waals surface area contributed by atoms with Gasteiger partial charge < -0.3 is 5.11 Å². The van der Waals surface area contributed by atoms with Gasteiger partial charge in [0.05, 0.1) is 5.60 Å². The molecule has 1 aromatic heterocycles. The molecule has 0 aliphatic rings. The first-order valence-corrected chi connectivity index (χ1v) is 6.23. The molecule has 0 amide bonds. The summed E-state index contributed by atoms with van der Waals surface area (Å²) in [6.07, 6.45) is 4.41. The number of hydrogen-bond acceptors (Lipinski definition) is 2. The van der Waals surface area contributed by atoms with E-state index < -0.39 is 5.60 Å². The molecule has 0 spiro atoms. The van der Waals surface area contributed by atoms with Crippen LogP contribution in [-0.2, 0) is 5.60 Å². The third-order valence-corrected chi connectivity index (χ3v) is 3.89. The van der Waals surface area contributed by atoms with Crippen LogP contribution in [0.15, 0.2) is 11.4 Å². The van der Waals surface area contributed by atoms with E-state index in [0.717, 1.165) is 17.7 Å². The maximum Gasteiger partial charge on any atom is 0.0962 e. The highest BCUT2D eigenvalue weighted by Crippen LogP contribution is 2.33. The SMILES string of the molecule is CCCCCC(C)(O)c1sccc1C. The predicted molar refractivity (Wildman–Crippen MR) is 62.8 cm³/mol. The summed E-state index contributed by atoms with van der Waals surface area (Å²) in [5.74, 6) is 0. The van der Waals surface area contributed by atoms with Crippen LogP contribution < -0.4 is 0 Å². The molecule has 0 aliphatic heterocycles. The molecule has 1 heterocycles. The monoisotopic (exact) mass is 212 g/mol. The molecule has 80 valence electrons. The Bertz CT molecular complexity index is 276. The molecular weight excluding hydrogens is 192 g/mol. The first-order chi connectivity index (χ1) is 6.58. The van der Waals surface area contributed by atoms with E-state index >= 15 is 0 Å². The van der Waals surface area contributed by atoms with Crippen molar-refractivity contribution in [3.63, 3.8) is 0 Å². The normalized spacial score (nSPS) is 15.4. The molecule has 0 aromatic carbocycles. The molecule has 0 bridgehead atoms. The van der Waals surface area contributed by atoms with Crippen LogP contribution in [0.2, 0.25) is 0 Å². The van der Waals surface area contributed by atoms with Crippen LogP contribution >= 0.6 is 11.3 Å². The van der Waals surface area contributed by atoms with E-state index in [4.69, 9.17) is 0 Å².